The first-order valence-electron chi connectivity index (χ1n) is 11.6. The quantitative estimate of drug-likeness (QED) is 0.211. The molecule has 0 saturated carbocycles. The van der Waals surface area contributed by atoms with Crippen LogP contribution in [0.3, 0.4) is 0 Å². The highest BCUT2D eigenvalue weighted by Crippen LogP contribution is 2.34. The molecule has 0 radical (unpaired) electrons. The van der Waals surface area contributed by atoms with Crippen LogP contribution in [0.15, 0.2) is 121 Å². The summed E-state index contributed by atoms with van der Waals surface area (Å²) in [6.07, 6.45) is 11.4. The van der Waals surface area contributed by atoms with Gasteiger partial charge in [0, 0.05) is 35.4 Å². The lowest BCUT2D eigenvalue weighted by Gasteiger charge is -2.23. The van der Waals surface area contributed by atoms with Gasteiger partial charge in [0.2, 0.25) is 0 Å². The van der Waals surface area contributed by atoms with E-state index >= 15 is 0 Å². The number of allylic oxidation sites excluding steroid dienone is 4. The van der Waals surface area contributed by atoms with Crippen molar-refractivity contribution in [2.24, 2.45) is 0 Å². The zero-order valence-corrected chi connectivity index (χ0v) is 20.3. The third kappa shape index (κ3) is 5.64. The summed E-state index contributed by atoms with van der Waals surface area (Å²) in [5, 5.41) is 0. The number of hydrogen-bond donors (Lipinski definition) is 0. The standard InChI is InChI=1S/C30H28BN3O/c1-4-5-13-26(35-3)29(24-18-16-23(2)17-19-24)30(25-12-6-9-20-32-25)31(27-14-7-10-21-33-27)28-15-8-11-22-34-28/h4-22H,1-3H3/b5-4-,26-13-,30-29-. The summed E-state index contributed by atoms with van der Waals surface area (Å²) in [5.74, 6) is 0.740. The van der Waals surface area contributed by atoms with Crippen molar-refractivity contribution in [2.75, 3.05) is 7.11 Å². The molecule has 0 aliphatic rings. The molecule has 0 fully saturated rings. The van der Waals surface area contributed by atoms with Crippen molar-refractivity contribution in [3.05, 3.63) is 138 Å². The molecule has 1 aromatic carbocycles. The molecule has 5 heteroatoms. The van der Waals surface area contributed by atoms with Crippen molar-refractivity contribution in [3.8, 4) is 0 Å². The number of rotatable bonds is 8. The molecule has 35 heavy (non-hydrogen) atoms. The lowest BCUT2D eigenvalue weighted by Crippen LogP contribution is -2.47. The van der Waals surface area contributed by atoms with Crippen LogP contribution < -0.4 is 11.2 Å². The Morgan fingerprint density at radius 2 is 1.37 bits per heavy atom. The number of hydrogen-bond acceptors (Lipinski definition) is 4. The fraction of sp³-hybridized carbons (Fsp3) is 0.100. The van der Waals surface area contributed by atoms with Crippen LogP contribution in [0, 0.1) is 6.92 Å². The van der Waals surface area contributed by atoms with Crippen molar-refractivity contribution in [3.63, 3.8) is 0 Å². The zero-order chi connectivity index (χ0) is 24.5. The highest BCUT2D eigenvalue weighted by molar-refractivity contribution is 6.99. The third-order valence-corrected chi connectivity index (χ3v) is 5.71. The fourth-order valence-electron chi connectivity index (χ4n) is 4.07. The number of methoxy groups -OCH3 is 1. The molecule has 0 aliphatic carbocycles. The predicted molar refractivity (Wildman–Crippen MR) is 146 cm³/mol. The molecule has 0 unspecified atom stereocenters. The summed E-state index contributed by atoms with van der Waals surface area (Å²) in [4.78, 5) is 14.3. The van der Waals surface area contributed by atoms with E-state index in [4.69, 9.17) is 19.7 Å². The highest BCUT2D eigenvalue weighted by atomic mass is 16.5. The van der Waals surface area contributed by atoms with E-state index in [2.05, 4.69) is 31.2 Å². The van der Waals surface area contributed by atoms with E-state index in [1.54, 1.807) is 7.11 Å². The van der Waals surface area contributed by atoms with Gasteiger partial charge in [0.05, 0.1) is 12.8 Å². The Hall–Kier alpha value is -4.25. The number of ether oxygens (including phenoxy) is 1. The Bertz CT molecular complexity index is 1280. The number of benzene rings is 1. The maximum atomic E-state index is 6.01. The van der Waals surface area contributed by atoms with Gasteiger partial charge in [-0.05, 0) is 67.4 Å². The van der Waals surface area contributed by atoms with Gasteiger partial charge >= 0.3 is 0 Å². The minimum Gasteiger partial charge on any atom is -0.496 e. The van der Waals surface area contributed by atoms with Crippen molar-refractivity contribution >= 4 is 28.9 Å². The van der Waals surface area contributed by atoms with E-state index < -0.39 is 0 Å². The zero-order valence-electron chi connectivity index (χ0n) is 20.3. The lowest BCUT2D eigenvalue weighted by molar-refractivity contribution is 0.311. The molecule has 0 spiro atoms. The monoisotopic (exact) mass is 457 g/mol. The van der Waals surface area contributed by atoms with Gasteiger partial charge in [0.15, 0.2) is 0 Å². The molecule has 4 rings (SSSR count). The summed E-state index contributed by atoms with van der Waals surface area (Å²) in [7, 11) is 1.70. The first-order chi connectivity index (χ1) is 17.2. The largest absolute Gasteiger partial charge is 0.496 e. The number of aromatic nitrogens is 3. The van der Waals surface area contributed by atoms with E-state index in [1.807, 2.05) is 98.3 Å². The predicted octanol–water partition coefficient (Wildman–Crippen LogP) is 5.05. The molecule has 0 N–H and O–H groups in total. The van der Waals surface area contributed by atoms with E-state index in [9.17, 15) is 0 Å². The van der Waals surface area contributed by atoms with Crippen molar-refractivity contribution < 1.29 is 4.74 Å². The normalized spacial score (nSPS) is 12.4. The van der Waals surface area contributed by atoms with Crippen LogP contribution in [0.2, 0.25) is 0 Å². The second kappa shape index (κ2) is 11.8. The van der Waals surface area contributed by atoms with E-state index in [0.29, 0.717) is 0 Å². The second-order valence-electron chi connectivity index (χ2n) is 8.07. The van der Waals surface area contributed by atoms with Crippen LogP contribution in [0.4, 0.5) is 0 Å². The van der Waals surface area contributed by atoms with E-state index in [0.717, 1.165) is 39.2 Å². The van der Waals surface area contributed by atoms with Gasteiger partial charge in [0.1, 0.15) is 5.76 Å². The molecular formula is C30H28BN3O. The average Bonchev–Trinajstić information content (AvgIpc) is 2.92. The van der Waals surface area contributed by atoms with Crippen LogP contribution in [-0.2, 0) is 4.74 Å². The Balaban J connectivity index is 2.15. The van der Waals surface area contributed by atoms with Crippen LogP contribution >= 0.6 is 0 Å². The van der Waals surface area contributed by atoms with Gasteiger partial charge in [-0.15, -0.1) is 0 Å². The van der Waals surface area contributed by atoms with Crippen molar-refractivity contribution in [1.29, 1.82) is 0 Å². The Kier molecular flexibility index (Phi) is 8.02. The van der Waals surface area contributed by atoms with Crippen LogP contribution in [0.1, 0.15) is 23.7 Å². The van der Waals surface area contributed by atoms with Gasteiger partial charge < -0.3 is 4.74 Å². The summed E-state index contributed by atoms with van der Waals surface area (Å²) in [5.41, 5.74) is 6.76. The molecule has 0 atom stereocenters. The lowest BCUT2D eigenvalue weighted by atomic mass is 9.37. The molecule has 4 aromatic rings. The number of pyridine rings is 3. The molecule has 0 aliphatic heterocycles. The average molecular weight is 457 g/mol. The second-order valence-corrected chi connectivity index (χ2v) is 8.07. The molecule has 0 bridgehead atoms. The van der Waals surface area contributed by atoms with E-state index in [1.165, 1.54) is 5.56 Å². The van der Waals surface area contributed by atoms with Crippen LogP contribution in [-0.4, -0.2) is 28.8 Å². The topological polar surface area (TPSA) is 47.9 Å². The van der Waals surface area contributed by atoms with Gasteiger partial charge in [-0.2, -0.15) is 0 Å². The maximum absolute atomic E-state index is 6.01. The van der Waals surface area contributed by atoms with Gasteiger partial charge in [-0.1, -0.05) is 60.2 Å². The van der Waals surface area contributed by atoms with Crippen molar-refractivity contribution in [2.45, 2.75) is 13.8 Å². The molecule has 3 aromatic heterocycles. The molecular weight excluding hydrogens is 429 g/mol. The number of aryl methyl sites for hydroxylation is 1. The SMILES string of the molecule is C\C=C/C=C(OC)/C(=C(\B(c1ccccn1)c1ccccn1)c1ccccn1)c1ccc(C)cc1. The van der Waals surface area contributed by atoms with E-state index in [-0.39, 0.29) is 6.71 Å². The molecule has 0 amide bonds. The van der Waals surface area contributed by atoms with Crippen LogP contribution in [0.25, 0.3) is 11.0 Å². The molecule has 4 nitrogen and oxygen atoms in total. The van der Waals surface area contributed by atoms with Crippen LogP contribution in [0.5, 0.6) is 0 Å². The first kappa shape index (κ1) is 23.9. The summed E-state index contributed by atoms with van der Waals surface area (Å²) in [6, 6.07) is 26.4. The highest BCUT2D eigenvalue weighted by Gasteiger charge is 2.33. The molecule has 3 heterocycles. The smallest absolute Gasteiger partial charge is 0.291 e. The van der Waals surface area contributed by atoms with Crippen molar-refractivity contribution in [1.82, 2.24) is 15.0 Å². The fourth-order valence-corrected chi connectivity index (χ4v) is 4.07. The summed E-state index contributed by atoms with van der Waals surface area (Å²) >= 11 is 0. The third-order valence-electron chi connectivity index (χ3n) is 5.71. The summed E-state index contributed by atoms with van der Waals surface area (Å²) in [6.45, 7) is 3.81. The molecule has 172 valence electrons. The Morgan fingerprint density at radius 1 is 0.771 bits per heavy atom. The Morgan fingerprint density at radius 3 is 1.86 bits per heavy atom. The first-order valence-corrected chi connectivity index (χ1v) is 11.6. The molecule has 0 saturated heterocycles. The minimum atomic E-state index is -0.271. The maximum Gasteiger partial charge on any atom is 0.291 e. The number of nitrogens with zero attached hydrogens (tertiary/aromatic N) is 3. The van der Waals surface area contributed by atoms with Gasteiger partial charge in [0.25, 0.3) is 6.71 Å². The minimum absolute atomic E-state index is 0.271. The summed E-state index contributed by atoms with van der Waals surface area (Å²) < 4.78 is 6.01. The van der Waals surface area contributed by atoms with Gasteiger partial charge in [-0.3, -0.25) is 15.0 Å². The Labute approximate surface area is 207 Å². The van der Waals surface area contributed by atoms with Gasteiger partial charge in [-0.25, -0.2) is 0 Å².